The molecular formula is C16H14F3NO4. The number of amides is 1. The summed E-state index contributed by atoms with van der Waals surface area (Å²) in [5, 5.41) is 11.8. The van der Waals surface area contributed by atoms with Gasteiger partial charge in [-0.2, -0.15) is 0 Å². The lowest BCUT2D eigenvalue weighted by Gasteiger charge is -2.24. The van der Waals surface area contributed by atoms with Gasteiger partial charge in [-0.25, -0.2) is 0 Å². The molecule has 1 aromatic carbocycles. The molecule has 2 N–H and O–H groups in total. The number of ether oxygens (including phenoxy) is 1. The van der Waals surface area contributed by atoms with Crippen LogP contribution in [0.5, 0.6) is 5.75 Å². The second-order valence-corrected chi connectivity index (χ2v) is 5.90. The molecule has 2 aliphatic carbocycles. The molecule has 0 aromatic heterocycles. The maximum Gasteiger partial charge on any atom is 0.573 e. The third kappa shape index (κ3) is 3.22. The van der Waals surface area contributed by atoms with Gasteiger partial charge in [-0.3, -0.25) is 9.59 Å². The number of carboxylic acids is 1. The molecule has 0 aliphatic heterocycles. The smallest absolute Gasteiger partial charge is 0.481 e. The third-order valence-electron chi connectivity index (χ3n) is 4.38. The first-order valence-electron chi connectivity index (χ1n) is 7.32. The van der Waals surface area contributed by atoms with Crippen LogP contribution >= 0.6 is 0 Å². The standard InChI is InChI=1S/C16H14F3NO4/c17-16(18,19)24-11-3-1-2-10(7-11)20-14(21)12-8-4-5-9(6-8)13(12)15(22)23/h1-5,7-9,12-13H,6H2,(H,20,21)(H,22,23)/t8-,9-,12-,13+/m0/s1. The zero-order valence-electron chi connectivity index (χ0n) is 12.3. The molecule has 8 heteroatoms. The Bertz CT molecular complexity index is 701. The quantitative estimate of drug-likeness (QED) is 0.826. The van der Waals surface area contributed by atoms with Crippen LogP contribution in [-0.2, 0) is 9.59 Å². The van der Waals surface area contributed by atoms with Crippen LogP contribution in [0.4, 0.5) is 18.9 Å². The lowest BCUT2D eigenvalue weighted by Crippen LogP contribution is -2.36. The first-order chi connectivity index (χ1) is 11.2. The Morgan fingerprint density at radius 3 is 2.46 bits per heavy atom. The summed E-state index contributed by atoms with van der Waals surface area (Å²) >= 11 is 0. The average molecular weight is 341 g/mol. The number of carbonyl (C=O) groups excluding carboxylic acids is 1. The minimum absolute atomic E-state index is 0.123. The number of aliphatic carboxylic acids is 1. The molecule has 0 saturated heterocycles. The number of rotatable bonds is 4. The van der Waals surface area contributed by atoms with Gasteiger partial charge in [0.15, 0.2) is 0 Å². The van der Waals surface area contributed by atoms with Crippen molar-refractivity contribution in [2.75, 3.05) is 5.32 Å². The third-order valence-corrected chi connectivity index (χ3v) is 4.38. The molecule has 0 spiro atoms. The number of hydrogen-bond donors (Lipinski definition) is 2. The molecule has 1 amide bonds. The summed E-state index contributed by atoms with van der Waals surface area (Å²) in [7, 11) is 0. The fraction of sp³-hybridized carbons (Fsp3) is 0.375. The Labute approximate surface area is 135 Å². The fourth-order valence-electron chi connectivity index (χ4n) is 3.51. The molecule has 0 radical (unpaired) electrons. The summed E-state index contributed by atoms with van der Waals surface area (Å²) in [6, 6.07) is 4.89. The van der Waals surface area contributed by atoms with E-state index in [1.807, 2.05) is 12.2 Å². The zero-order valence-corrected chi connectivity index (χ0v) is 12.3. The van der Waals surface area contributed by atoms with Gasteiger partial charge >= 0.3 is 12.3 Å². The van der Waals surface area contributed by atoms with E-state index in [1.54, 1.807) is 0 Å². The van der Waals surface area contributed by atoms with Gasteiger partial charge in [-0.1, -0.05) is 18.2 Å². The van der Waals surface area contributed by atoms with Crippen molar-refractivity contribution >= 4 is 17.6 Å². The number of carbonyl (C=O) groups is 2. The Morgan fingerprint density at radius 1 is 1.17 bits per heavy atom. The summed E-state index contributed by atoms with van der Waals surface area (Å²) < 4.78 is 40.5. The van der Waals surface area contributed by atoms with Gasteiger partial charge in [0.05, 0.1) is 11.8 Å². The van der Waals surface area contributed by atoms with Crippen LogP contribution < -0.4 is 10.1 Å². The van der Waals surface area contributed by atoms with Crippen molar-refractivity contribution in [3.05, 3.63) is 36.4 Å². The lowest BCUT2D eigenvalue weighted by atomic mass is 9.82. The highest BCUT2D eigenvalue weighted by atomic mass is 19.4. The lowest BCUT2D eigenvalue weighted by molar-refractivity contribution is -0.274. The van der Waals surface area contributed by atoms with E-state index in [2.05, 4.69) is 10.1 Å². The maximum atomic E-state index is 12.4. The summed E-state index contributed by atoms with van der Waals surface area (Å²) in [5.41, 5.74) is 0.123. The first kappa shape index (κ1) is 16.4. The Balaban J connectivity index is 1.74. The molecule has 0 heterocycles. The summed E-state index contributed by atoms with van der Waals surface area (Å²) in [4.78, 5) is 23.9. The summed E-state index contributed by atoms with van der Waals surface area (Å²) in [6.07, 6.45) is -0.582. The predicted octanol–water partition coefficient (Wildman–Crippen LogP) is 3.05. The number of allylic oxidation sites excluding steroid dienone is 2. The van der Waals surface area contributed by atoms with Gasteiger partial charge in [0.1, 0.15) is 5.75 Å². The van der Waals surface area contributed by atoms with Gasteiger partial charge in [0, 0.05) is 11.8 Å². The molecule has 5 nitrogen and oxygen atoms in total. The number of alkyl halides is 3. The van der Waals surface area contributed by atoms with Crippen LogP contribution in [0.15, 0.2) is 36.4 Å². The van der Waals surface area contributed by atoms with Crippen LogP contribution in [0.1, 0.15) is 6.42 Å². The van der Waals surface area contributed by atoms with Crippen molar-refractivity contribution in [2.24, 2.45) is 23.7 Å². The van der Waals surface area contributed by atoms with E-state index in [1.165, 1.54) is 12.1 Å². The number of hydrogen-bond acceptors (Lipinski definition) is 3. The summed E-state index contributed by atoms with van der Waals surface area (Å²) in [5.74, 6) is -3.89. The van der Waals surface area contributed by atoms with Crippen LogP contribution in [0.2, 0.25) is 0 Å². The monoisotopic (exact) mass is 341 g/mol. The molecule has 24 heavy (non-hydrogen) atoms. The minimum atomic E-state index is -4.83. The normalized spacial score (nSPS) is 28.0. The zero-order chi connectivity index (χ0) is 17.5. The second kappa shape index (κ2) is 5.85. The van der Waals surface area contributed by atoms with E-state index < -0.39 is 35.8 Å². The van der Waals surface area contributed by atoms with Crippen LogP contribution in [-0.4, -0.2) is 23.3 Å². The molecule has 4 atom stereocenters. The Hall–Kier alpha value is -2.51. The molecule has 0 unspecified atom stereocenters. The van der Waals surface area contributed by atoms with Crippen molar-refractivity contribution < 1.29 is 32.6 Å². The van der Waals surface area contributed by atoms with E-state index in [-0.39, 0.29) is 17.5 Å². The van der Waals surface area contributed by atoms with Crippen molar-refractivity contribution in [2.45, 2.75) is 12.8 Å². The van der Waals surface area contributed by atoms with Crippen LogP contribution in [0, 0.1) is 23.7 Å². The number of carboxylic acid groups (broad SMARTS) is 1. The number of halogens is 3. The maximum absolute atomic E-state index is 12.4. The Morgan fingerprint density at radius 2 is 1.83 bits per heavy atom. The molecule has 1 fully saturated rings. The molecular weight excluding hydrogens is 327 g/mol. The van der Waals surface area contributed by atoms with Crippen molar-refractivity contribution in [3.8, 4) is 5.75 Å². The van der Waals surface area contributed by atoms with Crippen LogP contribution in [0.3, 0.4) is 0 Å². The van der Waals surface area contributed by atoms with Gasteiger partial charge in [-0.05, 0) is 30.4 Å². The van der Waals surface area contributed by atoms with E-state index in [9.17, 15) is 27.9 Å². The first-order valence-corrected chi connectivity index (χ1v) is 7.32. The average Bonchev–Trinajstić information content (AvgIpc) is 3.06. The van der Waals surface area contributed by atoms with Gasteiger partial charge in [-0.15, -0.1) is 13.2 Å². The molecule has 3 rings (SSSR count). The van der Waals surface area contributed by atoms with Crippen molar-refractivity contribution in [3.63, 3.8) is 0 Å². The van der Waals surface area contributed by atoms with Crippen molar-refractivity contribution in [1.82, 2.24) is 0 Å². The highest BCUT2D eigenvalue weighted by Gasteiger charge is 2.51. The van der Waals surface area contributed by atoms with Gasteiger partial charge in [0.25, 0.3) is 0 Å². The summed E-state index contributed by atoms with van der Waals surface area (Å²) in [6.45, 7) is 0. The van der Waals surface area contributed by atoms with Crippen molar-refractivity contribution in [1.29, 1.82) is 0 Å². The predicted molar refractivity (Wildman–Crippen MR) is 77.1 cm³/mol. The fourth-order valence-corrected chi connectivity index (χ4v) is 3.51. The minimum Gasteiger partial charge on any atom is -0.481 e. The topological polar surface area (TPSA) is 75.6 Å². The SMILES string of the molecule is O=C(Nc1cccc(OC(F)(F)F)c1)[C@@H]1[C@H](C(=O)O)[C@H]2C=C[C@H]1C2. The molecule has 1 aromatic rings. The van der Waals surface area contributed by atoms with Gasteiger partial charge < -0.3 is 15.2 Å². The number of nitrogens with one attached hydrogen (secondary N) is 1. The number of fused-ring (bicyclic) bond motifs is 2. The highest BCUT2D eigenvalue weighted by molar-refractivity contribution is 5.96. The largest absolute Gasteiger partial charge is 0.573 e. The number of benzene rings is 1. The highest BCUT2D eigenvalue weighted by Crippen LogP contribution is 2.48. The van der Waals surface area contributed by atoms with E-state index in [4.69, 9.17) is 0 Å². The molecule has 128 valence electrons. The van der Waals surface area contributed by atoms with Crippen LogP contribution in [0.25, 0.3) is 0 Å². The molecule has 2 bridgehead atoms. The molecule has 1 saturated carbocycles. The number of anilines is 1. The molecule has 2 aliphatic rings. The van der Waals surface area contributed by atoms with E-state index >= 15 is 0 Å². The van der Waals surface area contributed by atoms with Gasteiger partial charge in [0.2, 0.25) is 5.91 Å². The van der Waals surface area contributed by atoms with E-state index in [0.29, 0.717) is 6.42 Å². The second-order valence-electron chi connectivity index (χ2n) is 5.90. The van der Waals surface area contributed by atoms with E-state index in [0.717, 1.165) is 12.1 Å². The Kier molecular flexibility index (Phi) is 3.98.